The lowest BCUT2D eigenvalue weighted by Crippen LogP contribution is -2.46. The Morgan fingerprint density at radius 2 is 1.89 bits per heavy atom. The standard InChI is InChI=1S/C14H20BrClN2O/c1-19-14-3-2-13(15)10-12(14)11-18-8-6-17(5-4-16)7-9-18/h2-3,10H,4-9,11H2,1H3. The van der Waals surface area contributed by atoms with Crippen LogP contribution in [-0.2, 0) is 6.54 Å². The van der Waals surface area contributed by atoms with E-state index >= 15 is 0 Å². The third-order valence-electron chi connectivity index (χ3n) is 3.50. The smallest absolute Gasteiger partial charge is 0.123 e. The molecular formula is C14H20BrClN2O. The van der Waals surface area contributed by atoms with Crippen LogP contribution < -0.4 is 4.74 Å². The Kier molecular flexibility index (Phi) is 5.95. The predicted octanol–water partition coefficient (Wildman–Crippen LogP) is 2.81. The van der Waals surface area contributed by atoms with Gasteiger partial charge in [0.1, 0.15) is 5.75 Å². The molecule has 0 radical (unpaired) electrons. The lowest BCUT2D eigenvalue weighted by Gasteiger charge is -2.34. The molecule has 0 aliphatic carbocycles. The molecule has 1 aliphatic heterocycles. The Morgan fingerprint density at radius 3 is 2.53 bits per heavy atom. The number of ether oxygens (including phenoxy) is 1. The molecule has 2 rings (SSSR count). The number of halogens is 2. The highest BCUT2D eigenvalue weighted by Crippen LogP contribution is 2.24. The molecule has 19 heavy (non-hydrogen) atoms. The molecule has 1 aromatic rings. The van der Waals surface area contributed by atoms with Crippen molar-refractivity contribution >= 4 is 27.5 Å². The number of piperazine rings is 1. The fourth-order valence-electron chi connectivity index (χ4n) is 2.40. The van der Waals surface area contributed by atoms with Gasteiger partial charge in [0.15, 0.2) is 0 Å². The number of nitrogens with zero attached hydrogens (tertiary/aromatic N) is 2. The van der Waals surface area contributed by atoms with Gasteiger partial charge in [0.25, 0.3) is 0 Å². The lowest BCUT2D eigenvalue weighted by molar-refractivity contribution is 0.131. The van der Waals surface area contributed by atoms with Crippen molar-refractivity contribution in [2.75, 3.05) is 45.7 Å². The first-order valence-corrected chi connectivity index (χ1v) is 7.89. The maximum atomic E-state index is 5.78. The second-order valence-electron chi connectivity index (χ2n) is 4.76. The van der Waals surface area contributed by atoms with E-state index < -0.39 is 0 Å². The molecule has 0 saturated carbocycles. The summed E-state index contributed by atoms with van der Waals surface area (Å²) in [6.45, 7) is 6.32. The highest BCUT2D eigenvalue weighted by atomic mass is 79.9. The van der Waals surface area contributed by atoms with E-state index in [0.29, 0.717) is 0 Å². The molecule has 1 saturated heterocycles. The summed E-state index contributed by atoms with van der Waals surface area (Å²) in [6, 6.07) is 6.17. The van der Waals surface area contributed by atoms with Crippen LogP contribution in [0, 0.1) is 0 Å². The van der Waals surface area contributed by atoms with E-state index in [9.17, 15) is 0 Å². The summed E-state index contributed by atoms with van der Waals surface area (Å²) in [5.41, 5.74) is 1.24. The van der Waals surface area contributed by atoms with Crippen molar-refractivity contribution in [3.05, 3.63) is 28.2 Å². The number of methoxy groups -OCH3 is 1. The molecule has 0 spiro atoms. The Labute approximate surface area is 128 Å². The van der Waals surface area contributed by atoms with E-state index in [2.05, 4.69) is 31.8 Å². The van der Waals surface area contributed by atoms with Crippen LogP contribution in [0.15, 0.2) is 22.7 Å². The molecule has 1 aliphatic rings. The highest BCUT2D eigenvalue weighted by Gasteiger charge is 2.17. The molecule has 3 nitrogen and oxygen atoms in total. The number of alkyl halides is 1. The molecule has 1 aromatic carbocycles. The van der Waals surface area contributed by atoms with Crippen LogP contribution in [0.5, 0.6) is 5.75 Å². The van der Waals surface area contributed by atoms with Crippen molar-refractivity contribution in [3.63, 3.8) is 0 Å². The minimum Gasteiger partial charge on any atom is -0.496 e. The van der Waals surface area contributed by atoms with Crippen molar-refractivity contribution < 1.29 is 4.74 Å². The average molecular weight is 348 g/mol. The molecular weight excluding hydrogens is 328 g/mol. The summed E-state index contributed by atoms with van der Waals surface area (Å²) in [7, 11) is 1.73. The zero-order chi connectivity index (χ0) is 13.7. The zero-order valence-electron chi connectivity index (χ0n) is 11.2. The van der Waals surface area contributed by atoms with Gasteiger partial charge in [-0.15, -0.1) is 11.6 Å². The van der Waals surface area contributed by atoms with Crippen molar-refractivity contribution in [3.8, 4) is 5.75 Å². The maximum Gasteiger partial charge on any atom is 0.123 e. The van der Waals surface area contributed by atoms with E-state index in [-0.39, 0.29) is 0 Å². The molecule has 5 heteroatoms. The molecule has 0 N–H and O–H groups in total. The van der Waals surface area contributed by atoms with Gasteiger partial charge in [-0.2, -0.15) is 0 Å². The molecule has 106 valence electrons. The van der Waals surface area contributed by atoms with Gasteiger partial charge in [-0.1, -0.05) is 15.9 Å². The topological polar surface area (TPSA) is 15.7 Å². The Hall–Kier alpha value is -0.290. The van der Waals surface area contributed by atoms with Gasteiger partial charge in [-0.3, -0.25) is 9.80 Å². The van der Waals surface area contributed by atoms with Crippen LogP contribution in [0.4, 0.5) is 0 Å². The van der Waals surface area contributed by atoms with Crippen LogP contribution in [0.1, 0.15) is 5.56 Å². The summed E-state index contributed by atoms with van der Waals surface area (Å²) >= 11 is 9.30. The Morgan fingerprint density at radius 1 is 1.21 bits per heavy atom. The fraction of sp³-hybridized carbons (Fsp3) is 0.571. The largest absolute Gasteiger partial charge is 0.496 e. The van der Waals surface area contributed by atoms with Gasteiger partial charge in [0.05, 0.1) is 7.11 Å². The third kappa shape index (κ3) is 4.35. The maximum absolute atomic E-state index is 5.78. The molecule has 0 aromatic heterocycles. The van der Waals surface area contributed by atoms with Crippen LogP contribution in [0.25, 0.3) is 0 Å². The highest BCUT2D eigenvalue weighted by molar-refractivity contribution is 9.10. The Balaban J connectivity index is 1.93. The Bertz CT molecular complexity index is 408. The van der Waals surface area contributed by atoms with Gasteiger partial charge in [-0.25, -0.2) is 0 Å². The lowest BCUT2D eigenvalue weighted by atomic mass is 10.1. The van der Waals surface area contributed by atoms with Crippen LogP contribution >= 0.6 is 27.5 Å². The van der Waals surface area contributed by atoms with Crippen molar-refractivity contribution in [2.24, 2.45) is 0 Å². The van der Waals surface area contributed by atoms with E-state index in [1.165, 1.54) is 5.56 Å². The number of benzene rings is 1. The first-order chi connectivity index (χ1) is 9.22. The van der Waals surface area contributed by atoms with E-state index in [1.54, 1.807) is 7.11 Å². The predicted molar refractivity (Wildman–Crippen MR) is 83.1 cm³/mol. The number of rotatable bonds is 5. The summed E-state index contributed by atoms with van der Waals surface area (Å²) in [4.78, 5) is 4.89. The second-order valence-corrected chi connectivity index (χ2v) is 6.06. The number of hydrogen-bond donors (Lipinski definition) is 0. The fourth-order valence-corrected chi connectivity index (χ4v) is 3.05. The minimum atomic E-state index is 0.722. The van der Waals surface area contributed by atoms with Crippen LogP contribution in [0.3, 0.4) is 0 Å². The second kappa shape index (κ2) is 7.48. The van der Waals surface area contributed by atoms with Gasteiger partial charge >= 0.3 is 0 Å². The molecule has 0 unspecified atom stereocenters. The summed E-state index contributed by atoms with van der Waals surface area (Å²) < 4.78 is 6.53. The van der Waals surface area contributed by atoms with Crippen LogP contribution in [0.2, 0.25) is 0 Å². The first kappa shape index (κ1) is 15.1. The quantitative estimate of drug-likeness (QED) is 0.762. The monoisotopic (exact) mass is 346 g/mol. The van der Waals surface area contributed by atoms with Gasteiger partial charge in [0, 0.05) is 55.2 Å². The van der Waals surface area contributed by atoms with Crippen molar-refractivity contribution in [2.45, 2.75) is 6.54 Å². The van der Waals surface area contributed by atoms with Crippen molar-refractivity contribution in [1.82, 2.24) is 9.80 Å². The molecule has 0 amide bonds. The minimum absolute atomic E-state index is 0.722. The van der Waals surface area contributed by atoms with E-state index in [4.69, 9.17) is 16.3 Å². The zero-order valence-corrected chi connectivity index (χ0v) is 13.6. The van der Waals surface area contributed by atoms with Gasteiger partial charge in [0.2, 0.25) is 0 Å². The first-order valence-electron chi connectivity index (χ1n) is 6.56. The van der Waals surface area contributed by atoms with Gasteiger partial charge < -0.3 is 4.74 Å². The van der Waals surface area contributed by atoms with Gasteiger partial charge in [-0.05, 0) is 18.2 Å². The van der Waals surface area contributed by atoms with E-state index in [0.717, 1.165) is 55.4 Å². The molecule has 1 heterocycles. The normalized spacial score (nSPS) is 17.6. The summed E-state index contributed by atoms with van der Waals surface area (Å²) in [5.74, 6) is 1.69. The SMILES string of the molecule is COc1ccc(Br)cc1CN1CCN(CCCl)CC1. The summed E-state index contributed by atoms with van der Waals surface area (Å²) in [5, 5.41) is 0. The van der Waals surface area contributed by atoms with Crippen molar-refractivity contribution in [1.29, 1.82) is 0 Å². The average Bonchev–Trinajstić information content (AvgIpc) is 2.42. The summed E-state index contributed by atoms with van der Waals surface area (Å²) in [6.07, 6.45) is 0. The molecule has 0 atom stereocenters. The van der Waals surface area contributed by atoms with Crippen LogP contribution in [-0.4, -0.2) is 55.5 Å². The molecule has 1 fully saturated rings. The van der Waals surface area contributed by atoms with E-state index in [1.807, 2.05) is 12.1 Å². The molecule has 0 bridgehead atoms. The number of hydrogen-bond acceptors (Lipinski definition) is 3. The third-order valence-corrected chi connectivity index (χ3v) is 4.16.